The van der Waals surface area contributed by atoms with Crippen molar-refractivity contribution < 1.29 is 38.3 Å². The first-order valence-corrected chi connectivity index (χ1v) is 20.3. The number of carbonyl (C=O) groups excluding carboxylic acids is 3. The third-order valence-corrected chi connectivity index (χ3v) is 9.98. The first-order chi connectivity index (χ1) is 29.8. The summed E-state index contributed by atoms with van der Waals surface area (Å²) < 4.78 is 17.2. The highest BCUT2D eigenvalue weighted by Crippen LogP contribution is 2.26. The smallest absolute Gasteiger partial charge is 0.358 e. The van der Waals surface area contributed by atoms with Gasteiger partial charge in [0.25, 0.3) is 0 Å². The number of para-hydroxylation sites is 1. The third-order valence-electron chi connectivity index (χ3n) is 9.98. The summed E-state index contributed by atoms with van der Waals surface area (Å²) in [5.41, 5.74) is 2.21. The molecule has 0 aliphatic rings. The van der Waals surface area contributed by atoms with Crippen LogP contribution in [0.4, 0.5) is 0 Å². The molecule has 1 unspecified atom stereocenters. The van der Waals surface area contributed by atoms with Crippen LogP contribution in [0.2, 0.25) is 0 Å². The number of ether oxygens (including phenoxy) is 2. The second-order valence-electron chi connectivity index (χ2n) is 14.4. The number of carboxylic acid groups (broad SMARTS) is 1. The predicted molar refractivity (Wildman–Crippen MR) is 232 cm³/mol. The molecule has 3 N–H and O–H groups in total. The first-order valence-electron chi connectivity index (χ1n) is 20.3. The minimum atomic E-state index is -1.20. The number of hydrogen-bond donors (Lipinski definition) is 3. The number of benzene rings is 5. The molecule has 0 bridgehead atoms. The van der Waals surface area contributed by atoms with E-state index in [-0.39, 0.29) is 48.7 Å². The number of hydrogen-bond acceptors (Lipinski definition) is 8. The number of rotatable bonds is 22. The van der Waals surface area contributed by atoms with Gasteiger partial charge in [0, 0.05) is 50.5 Å². The fraction of sp³-hybridized carbons (Fsp3) is 0.245. The maximum atomic E-state index is 14.1. The van der Waals surface area contributed by atoms with E-state index in [0.29, 0.717) is 68.7 Å². The molecular weight excluding hydrogens is 773 g/mol. The Morgan fingerprint density at radius 2 is 1.49 bits per heavy atom. The van der Waals surface area contributed by atoms with Crippen molar-refractivity contribution in [2.75, 3.05) is 13.2 Å². The summed E-state index contributed by atoms with van der Waals surface area (Å²) in [5, 5.41) is 20.7. The van der Waals surface area contributed by atoms with Crippen LogP contribution in [0, 0.1) is 12.3 Å². The quantitative estimate of drug-likeness (QED) is 0.0450. The minimum absolute atomic E-state index is 0.0582. The molecule has 12 nitrogen and oxygen atoms in total. The Bertz CT molecular complexity index is 2420. The van der Waals surface area contributed by atoms with E-state index in [1.165, 1.54) is 6.07 Å². The summed E-state index contributed by atoms with van der Waals surface area (Å²) in [4.78, 5) is 53.6. The molecule has 12 heteroatoms. The molecule has 61 heavy (non-hydrogen) atoms. The highest BCUT2D eigenvalue weighted by Gasteiger charge is 2.31. The number of terminal acetylenes is 1. The predicted octanol–water partition coefficient (Wildman–Crippen LogP) is 8.56. The number of carbonyl (C=O) groups is 4. The number of amides is 3. The van der Waals surface area contributed by atoms with Crippen molar-refractivity contribution in [3.05, 3.63) is 144 Å². The number of aromatic nitrogens is 1. The van der Waals surface area contributed by atoms with E-state index in [0.717, 1.165) is 27.6 Å². The largest absolute Gasteiger partial charge is 0.491 e. The molecule has 6 rings (SSSR count). The van der Waals surface area contributed by atoms with E-state index in [1.54, 1.807) is 29.2 Å². The molecule has 0 saturated carbocycles. The Morgan fingerprint density at radius 3 is 2.25 bits per heavy atom. The van der Waals surface area contributed by atoms with E-state index in [4.69, 9.17) is 20.4 Å². The zero-order valence-corrected chi connectivity index (χ0v) is 33.8. The summed E-state index contributed by atoms with van der Waals surface area (Å²) >= 11 is 0. The Balaban J connectivity index is 1.06. The maximum Gasteiger partial charge on any atom is 0.358 e. The standard InChI is InChI=1S/C49H48N4O8/c1-2-3-6-21-47(55)53(33-38-16-13-15-36-14-10-11-19-42(36)38)44(34-59-39-28-24-37(25-29-39)45-31-43(49(57)58)52-61-45)48(56)50-30-12-5-9-20-46(54)51-32-35-22-26-41(27-23-35)60-40-17-7-4-8-18-40/h1,4,7-8,10-11,13-19,22-29,31,44H,3,5-6,9,12,20-21,30,32-34H2,(H,50,56)(H,51,54)(H,57,58). The lowest BCUT2D eigenvalue weighted by Gasteiger charge is -2.31. The van der Waals surface area contributed by atoms with E-state index in [1.807, 2.05) is 97.1 Å². The Morgan fingerprint density at radius 1 is 0.770 bits per heavy atom. The molecule has 0 spiro atoms. The Hall–Kier alpha value is -7.39. The molecule has 0 fully saturated rings. The van der Waals surface area contributed by atoms with Gasteiger partial charge in [0.05, 0.1) is 0 Å². The van der Waals surface area contributed by atoms with Crippen molar-refractivity contribution in [3.8, 4) is 40.9 Å². The van der Waals surface area contributed by atoms with Crippen LogP contribution < -0.4 is 20.1 Å². The minimum Gasteiger partial charge on any atom is -0.491 e. The van der Waals surface area contributed by atoms with E-state index < -0.39 is 12.0 Å². The number of aromatic carboxylic acids is 1. The fourth-order valence-electron chi connectivity index (χ4n) is 6.69. The summed E-state index contributed by atoms with van der Waals surface area (Å²) in [6, 6.07) is 37.9. The molecule has 0 saturated heterocycles. The maximum absolute atomic E-state index is 14.1. The van der Waals surface area contributed by atoms with Crippen LogP contribution >= 0.6 is 0 Å². The molecule has 1 atom stereocenters. The highest BCUT2D eigenvalue weighted by molar-refractivity contribution is 5.90. The van der Waals surface area contributed by atoms with Gasteiger partial charge in [0.1, 0.15) is 29.9 Å². The van der Waals surface area contributed by atoms with E-state index in [2.05, 4.69) is 21.7 Å². The van der Waals surface area contributed by atoms with Crippen LogP contribution in [-0.2, 0) is 27.5 Å². The topological polar surface area (TPSA) is 160 Å². The lowest BCUT2D eigenvalue weighted by atomic mass is 10.0. The molecule has 0 aliphatic carbocycles. The van der Waals surface area contributed by atoms with Gasteiger partial charge in [-0.2, -0.15) is 0 Å². The van der Waals surface area contributed by atoms with Crippen LogP contribution in [0.5, 0.6) is 17.2 Å². The summed E-state index contributed by atoms with van der Waals surface area (Å²) in [7, 11) is 0. The van der Waals surface area contributed by atoms with Gasteiger partial charge in [-0.25, -0.2) is 4.79 Å². The second-order valence-corrected chi connectivity index (χ2v) is 14.4. The zero-order chi connectivity index (χ0) is 42.8. The molecule has 0 aliphatic heterocycles. The van der Waals surface area contributed by atoms with Gasteiger partial charge in [0.2, 0.25) is 17.7 Å². The van der Waals surface area contributed by atoms with Crippen molar-refractivity contribution in [1.29, 1.82) is 0 Å². The molecule has 6 aromatic rings. The number of nitrogens with one attached hydrogen (secondary N) is 2. The van der Waals surface area contributed by atoms with Crippen molar-refractivity contribution in [3.63, 3.8) is 0 Å². The Kier molecular flexibility index (Phi) is 15.7. The van der Waals surface area contributed by atoms with Gasteiger partial charge in [-0.05, 0) is 89.7 Å². The van der Waals surface area contributed by atoms with Gasteiger partial charge in [0.15, 0.2) is 11.5 Å². The van der Waals surface area contributed by atoms with Crippen LogP contribution in [0.25, 0.3) is 22.1 Å². The fourth-order valence-corrected chi connectivity index (χ4v) is 6.69. The van der Waals surface area contributed by atoms with Gasteiger partial charge >= 0.3 is 5.97 Å². The third kappa shape index (κ3) is 12.8. The van der Waals surface area contributed by atoms with Crippen molar-refractivity contribution >= 4 is 34.5 Å². The molecule has 1 aromatic heterocycles. The zero-order valence-electron chi connectivity index (χ0n) is 33.8. The van der Waals surface area contributed by atoms with Crippen molar-refractivity contribution in [1.82, 2.24) is 20.7 Å². The van der Waals surface area contributed by atoms with E-state index >= 15 is 0 Å². The second kappa shape index (κ2) is 22.1. The number of nitrogens with zero attached hydrogens (tertiary/aromatic N) is 2. The molecular formula is C49H48N4O8. The van der Waals surface area contributed by atoms with Crippen molar-refractivity contribution in [2.24, 2.45) is 0 Å². The van der Waals surface area contributed by atoms with Crippen LogP contribution in [-0.4, -0.2) is 58.0 Å². The summed E-state index contributed by atoms with van der Waals surface area (Å²) in [5.74, 6) is 2.89. The lowest BCUT2D eigenvalue weighted by Crippen LogP contribution is -2.52. The highest BCUT2D eigenvalue weighted by atomic mass is 16.5. The number of unbranched alkanes of at least 4 members (excludes halogenated alkanes) is 3. The van der Waals surface area contributed by atoms with Crippen molar-refractivity contribution in [2.45, 2.75) is 64.1 Å². The number of carboxylic acids is 1. The van der Waals surface area contributed by atoms with E-state index in [9.17, 15) is 24.3 Å². The Labute approximate surface area is 354 Å². The van der Waals surface area contributed by atoms with Crippen LogP contribution in [0.3, 0.4) is 0 Å². The average Bonchev–Trinajstić information content (AvgIpc) is 3.79. The van der Waals surface area contributed by atoms with Gasteiger partial charge in [-0.1, -0.05) is 84.4 Å². The molecule has 3 amide bonds. The first kappa shape index (κ1) is 43.2. The summed E-state index contributed by atoms with van der Waals surface area (Å²) in [6.45, 7) is 0.756. The number of fused-ring (bicyclic) bond motifs is 1. The normalized spacial score (nSPS) is 11.3. The van der Waals surface area contributed by atoms with Gasteiger partial charge in [-0.3, -0.25) is 14.4 Å². The van der Waals surface area contributed by atoms with Gasteiger partial charge < -0.3 is 34.6 Å². The molecule has 5 aromatic carbocycles. The van der Waals surface area contributed by atoms with Crippen LogP contribution in [0.15, 0.2) is 132 Å². The van der Waals surface area contributed by atoms with Gasteiger partial charge in [-0.15, -0.1) is 12.3 Å². The lowest BCUT2D eigenvalue weighted by molar-refractivity contribution is -0.142. The molecule has 0 radical (unpaired) electrons. The van der Waals surface area contributed by atoms with Crippen LogP contribution in [0.1, 0.15) is 66.6 Å². The molecule has 1 heterocycles. The average molecular weight is 821 g/mol. The monoisotopic (exact) mass is 820 g/mol. The molecule has 312 valence electrons. The summed E-state index contributed by atoms with van der Waals surface area (Å²) in [6.07, 6.45) is 8.86. The SMILES string of the molecule is C#CCCCC(=O)N(Cc1cccc2ccccc12)C(COc1ccc(-c2cc(C(=O)O)no2)cc1)C(=O)NCCCCCC(=O)NCc1ccc(Oc2ccccc2)cc1.